The first-order valence-corrected chi connectivity index (χ1v) is 6.86. The Morgan fingerprint density at radius 2 is 2.17 bits per heavy atom. The van der Waals surface area contributed by atoms with Gasteiger partial charge in [0.15, 0.2) is 4.77 Å². The van der Waals surface area contributed by atoms with Crippen molar-refractivity contribution in [2.75, 3.05) is 13.6 Å². The van der Waals surface area contributed by atoms with Crippen molar-refractivity contribution in [1.82, 2.24) is 14.5 Å². The quantitative estimate of drug-likeness (QED) is 0.865. The van der Waals surface area contributed by atoms with Crippen molar-refractivity contribution in [1.29, 1.82) is 0 Å². The van der Waals surface area contributed by atoms with E-state index >= 15 is 0 Å². The molecule has 0 atom stereocenters. The fraction of sp³-hybridized carbons (Fsp3) is 0.462. The van der Waals surface area contributed by atoms with Crippen molar-refractivity contribution in [2.24, 2.45) is 0 Å². The number of likely N-dealkylation sites (N-methyl/N-ethyl adjacent to an activating group) is 1. The Bertz CT molecular complexity index is 600. The van der Waals surface area contributed by atoms with Crippen LogP contribution in [0, 0.1) is 4.77 Å². The molecule has 1 aromatic heterocycles. The van der Waals surface area contributed by atoms with E-state index in [1.165, 1.54) is 0 Å². The summed E-state index contributed by atoms with van der Waals surface area (Å²) in [4.78, 5) is 5.50. The molecule has 0 aliphatic rings. The molecule has 0 aliphatic heterocycles. The van der Waals surface area contributed by atoms with Crippen LogP contribution in [-0.4, -0.2) is 34.1 Å². The predicted molar refractivity (Wildman–Crippen MR) is 79.9 cm³/mol. The van der Waals surface area contributed by atoms with Crippen LogP contribution in [0.2, 0.25) is 5.02 Å². The second kappa shape index (κ2) is 5.43. The molecular weight excluding hydrogens is 266 g/mol. The topological polar surface area (TPSA) is 24.0 Å². The van der Waals surface area contributed by atoms with Gasteiger partial charge in [0.2, 0.25) is 0 Å². The van der Waals surface area contributed by atoms with Gasteiger partial charge in [0.25, 0.3) is 0 Å². The molecule has 0 saturated heterocycles. The first-order chi connectivity index (χ1) is 8.49. The van der Waals surface area contributed by atoms with Gasteiger partial charge in [-0.1, -0.05) is 11.6 Å². The molecule has 0 bridgehead atoms. The first-order valence-electron chi connectivity index (χ1n) is 6.07. The summed E-state index contributed by atoms with van der Waals surface area (Å²) < 4.78 is 2.88. The molecule has 98 valence electrons. The smallest absolute Gasteiger partial charge is 0.178 e. The molecule has 0 spiro atoms. The summed E-state index contributed by atoms with van der Waals surface area (Å²) in [6, 6.07) is 6.36. The van der Waals surface area contributed by atoms with E-state index in [-0.39, 0.29) is 0 Å². The van der Waals surface area contributed by atoms with Crippen LogP contribution in [0.25, 0.3) is 11.0 Å². The van der Waals surface area contributed by atoms with Crippen LogP contribution in [-0.2, 0) is 6.54 Å². The number of benzene rings is 1. The third kappa shape index (κ3) is 2.76. The van der Waals surface area contributed by atoms with Gasteiger partial charge in [-0.2, -0.15) is 0 Å². The number of hydrogen-bond donors (Lipinski definition) is 1. The molecule has 2 rings (SSSR count). The van der Waals surface area contributed by atoms with Crippen LogP contribution in [0.1, 0.15) is 13.8 Å². The molecule has 3 nitrogen and oxygen atoms in total. The SMILES string of the molecule is CC(C)N(C)CCn1c(=S)[nH]c2cc(Cl)ccc21. The van der Waals surface area contributed by atoms with Gasteiger partial charge in [-0.05, 0) is 51.3 Å². The summed E-state index contributed by atoms with van der Waals surface area (Å²) in [5.74, 6) is 0. The van der Waals surface area contributed by atoms with E-state index in [4.69, 9.17) is 23.8 Å². The molecular formula is C13H18ClN3S. The zero-order valence-corrected chi connectivity index (χ0v) is 12.5. The molecule has 1 N–H and O–H groups in total. The van der Waals surface area contributed by atoms with Gasteiger partial charge < -0.3 is 14.5 Å². The number of hydrogen-bond acceptors (Lipinski definition) is 2. The maximum Gasteiger partial charge on any atom is 0.178 e. The largest absolute Gasteiger partial charge is 0.331 e. The molecule has 18 heavy (non-hydrogen) atoms. The van der Waals surface area contributed by atoms with Gasteiger partial charge >= 0.3 is 0 Å². The monoisotopic (exact) mass is 283 g/mol. The van der Waals surface area contributed by atoms with E-state index in [0.29, 0.717) is 6.04 Å². The molecule has 0 amide bonds. The summed E-state index contributed by atoms with van der Waals surface area (Å²) in [5.41, 5.74) is 2.11. The Kier molecular flexibility index (Phi) is 4.10. The third-order valence-corrected chi connectivity index (χ3v) is 3.85. The van der Waals surface area contributed by atoms with Crippen LogP contribution in [0.4, 0.5) is 0 Å². The Balaban J connectivity index is 2.28. The van der Waals surface area contributed by atoms with Crippen molar-refractivity contribution in [2.45, 2.75) is 26.4 Å². The van der Waals surface area contributed by atoms with Crippen LogP contribution >= 0.6 is 23.8 Å². The minimum absolute atomic E-state index is 0.541. The number of fused-ring (bicyclic) bond motifs is 1. The molecule has 0 aliphatic carbocycles. The highest BCUT2D eigenvalue weighted by Gasteiger charge is 2.07. The molecule has 5 heteroatoms. The van der Waals surface area contributed by atoms with Crippen LogP contribution < -0.4 is 0 Å². The van der Waals surface area contributed by atoms with Crippen molar-refractivity contribution in [3.8, 4) is 0 Å². The average molecular weight is 284 g/mol. The van der Waals surface area contributed by atoms with E-state index in [1.807, 2.05) is 18.2 Å². The average Bonchev–Trinajstić information content (AvgIpc) is 2.60. The van der Waals surface area contributed by atoms with Crippen LogP contribution in [0.3, 0.4) is 0 Å². The van der Waals surface area contributed by atoms with Crippen molar-refractivity contribution < 1.29 is 0 Å². The predicted octanol–water partition coefficient (Wildman–Crippen LogP) is 3.69. The van der Waals surface area contributed by atoms with E-state index in [2.05, 4.69) is 35.3 Å². The van der Waals surface area contributed by atoms with Crippen LogP contribution in [0.15, 0.2) is 18.2 Å². The number of nitrogens with one attached hydrogen (secondary N) is 1. The summed E-state index contributed by atoms with van der Waals surface area (Å²) in [7, 11) is 2.12. The normalized spacial score (nSPS) is 11.9. The Morgan fingerprint density at radius 3 is 2.83 bits per heavy atom. The van der Waals surface area contributed by atoms with Gasteiger partial charge in [0, 0.05) is 24.2 Å². The molecule has 0 unspecified atom stereocenters. The number of nitrogens with zero attached hydrogens (tertiary/aromatic N) is 2. The van der Waals surface area contributed by atoms with E-state index in [9.17, 15) is 0 Å². The minimum Gasteiger partial charge on any atom is -0.331 e. The number of aromatic amines is 1. The fourth-order valence-corrected chi connectivity index (χ4v) is 2.35. The highest BCUT2D eigenvalue weighted by Crippen LogP contribution is 2.19. The van der Waals surface area contributed by atoms with Gasteiger partial charge in [-0.15, -0.1) is 0 Å². The highest BCUT2D eigenvalue weighted by molar-refractivity contribution is 7.71. The van der Waals surface area contributed by atoms with Gasteiger partial charge in [-0.25, -0.2) is 0 Å². The Hall–Kier alpha value is -0.840. The highest BCUT2D eigenvalue weighted by atomic mass is 35.5. The molecule has 1 aromatic carbocycles. The Labute approximate surface area is 117 Å². The van der Waals surface area contributed by atoms with Gasteiger partial charge in [0.05, 0.1) is 11.0 Å². The van der Waals surface area contributed by atoms with E-state index in [1.54, 1.807) is 0 Å². The van der Waals surface area contributed by atoms with Gasteiger partial charge in [0.1, 0.15) is 0 Å². The second-order valence-electron chi connectivity index (χ2n) is 4.82. The number of imidazole rings is 1. The molecule has 0 saturated carbocycles. The molecule has 1 heterocycles. The lowest BCUT2D eigenvalue weighted by molar-refractivity contribution is 0.263. The summed E-state index contributed by atoms with van der Waals surface area (Å²) in [6.07, 6.45) is 0. The maximum atomic E-state index is 5.98. The Morgan fingerprint density at radius 1 is 1.44 bits per heavy atom. The standard InChI is InChI=1S/C13H18ClN3S/c1-9(2)16(3)6-7-17-12-5-4-10(14)8-11(12)15-13(17)18/h4-5,8-9H,6-7H2,1-3H3,(H,15,18). The number of aromatic nitrogens is 2. The minimum atomic E-state index is 0.541. The lowest BCUT2D eigenvalue weighted by atomic mass is 10.3. The molecule has 2 aromatic rings. The van der Waals surface area contributed by atoms with E-state index < -0.39 is 0 Å². The summed E-state index contributed by atoms with van der Waals surface area (Å²) >= 11 is 11.3. The zero-order valence-electron chi connectivity index (χ0n) is 10.9. The third-order valence-electron chi connectivity index (χ3n) is 3.29. The summed E-state index contributed by atoms with van der Waals surface area (Å²) in [6.45, 7) is 6.24. The zero-order chi connectivity index (χ0) is 13.3. The number of rotatable bonds is 4. The molecule has 0 fully saturated rings. The first kappa shape index (κ1) is 13.6. The fourth-order valence-electron chi connectivity index (χ4n) is 1.87. The van der Waals surface area contributed by atoms with Crippen molar-refractivity contribution in [3.63, 3.8) is 0 Å². The number of halogens is 1. The number of H-pyrrole nitrogens is 1. The van der Waals surface area contributed by atoms with Gasteiger partial charge in [-0.3, -0.25) is 0 Å². The molecule has 0 radical (unpaired) electrons. The van der Waals surface area contributed by atoms with Crippen molar-refractivity contribution in [3.05, 3.63) is 28.0 Å². The summed E-state index contributed by atoms with van der Waals surface area (Å²) in [5, 5.41) is 0.727. The lowest BCUT2D eigenvalue weighted by Crippen LogP contribution is -2.29. The maximum absolute atomic E-state index is 5.98. The van der Waals surface area contributed by atoms with E-state index in [0.717, 1.165) is 33.9 Å². The lowest BCUT2D eigenvalue weighted by Gasteiger charge is -2.21. The second-order valence-corrected chi connectivity index (χ2v) is 5.64. The van der Waals surface area contributed by atoms with Crippen molar-refractivity contribution >= 4 is 34.9 Å². The van der Waals surface area contributed by atoms with Crippen LogP contribution in [0.5, 0.6) is 0 Å².